The number of aromatic nitrogens is 2. The first kappa shape index (κ1) is 26.4. The number of amides is 1. The molecule has 3 aromatic rings. The summed E-state index contributed by atoms with van der Waals surface area (Å²) in [6.07, 6.45) is 0.681. The molecule has 2 aromatic carbocycles. The van der Waals surface area contributed by atoms with Crippen LogP contribution in [0, 0.1) is 18.6 Å². The van der Waals surface area contributed by atoms with Crippen molar-refractivity contribution in [2.24, 2.45) is 5.73 Å². The molecule has 0 aliphatic rings. The van der Waals surface area contributed by atoms with Crippen LogP contribution in [0.5, 0.6) is 5.88 Å². The minimum Gasteiger partial charge on any atom is -0.472 e. The number of nitrogens with zero attached hydrogens (tertiary/aromatic N) is 2. The highest BCUT2D eigenvalue weighted by Gasteiger charge is 2.16. The maximum atomic E-state index is 13.8. The van der Waals surface area contributed by atoms with E-state index in [0.717, 1.165) is 12.1 Å². The van der Waals surface area contributed by atoms with E-state index in [1.807, 2.05) is 0 Å². The average molecular weight is 544 g/mol. The maximum absolute atomic E-state index is 13.8. The molecule has 7 nitrogen and oxygen atoms in total. The molecule has 0 spiro atoms. The third-order valence-corrected chi connectivity index (χ3v) is 5.28. The van der Waals surface area contributed by atoms with Crippen molar-refractivity contribution >= 4 is 34.2 Å². The van der Waals surface area contributed by atoms with Gasteiger partial charge >= 0.3 is 0 Å². The number of rotatable bonds is 8. The molecule has 11 heteroatoms. The van der Waals surface area contributed by atoms with Crippen molar-refractivity contribution in [3.63, 3.8) is 0 Å². The monoisotopic (exact) mass is 542 g/mol. The minimum absolute atomic E-state index is 0. The molecule has 0 radical (unpaired) electrons. The van der Waals surface area contributed by atoms with Gasteiger partial charge in [-0.05, 0) is 72.2 Å². The predicted molar refractivity (Wildman–Crippen MR) is 126 cm³/mol. The van der Waals surface area contributed by atoms with Crippen molar-refractivity contribution in [1.82, 2.24) is 14.9 Å². The molecule has 176 valence electrons. The molecule has 1 heterocycles. The number of carbonyl (C=O) groups excluding carboxylic acids is 1. The normalized spacial score (nSPS) is 10.5. The van der Waals surface area contributed by atoms with Crippen LogP contribution in [0.4, 0.5) is 8.78 Å². The lowest BCUT2D eigenvalue weighted by atomic mass is 10.2. The summed E-state index contributed by atoms with van der Waals surface area (Å²) in [5, 5.41) is 2.76. The zero-order valence-electron chi connectivity index (χ0n) is 17.6. The van der Waals surface area contributed by atoms with E-state index in [9.17, 15) is 18.4 Å². The van der Waals surface area contributed by atoms with Gasteiger partial charge in [-0.15, -0.1) is 12.4 Å². The van der Waals surface area contributed by atoms with Gasteiger partial charge in [0.05, 0.1) is 5.69 Å². The first-order valence-corrected chi connectivity index (χ1v) is 10.6. The molecule has 0 unspecified atom stereocenters. The van der Waals surface area contributed by atoms with Gasteiger partial charge in [-0.25, -0.2) is 8.78 Å². The number of hydrogen-bond donors (Lipinski definition) is 2. The summed E-state index contributed by atoms with van der Waals surface area (Å²) in [5.41, 5.74) is 6.06. The third-order valence-electron chi connectivity index (χ3n) is 4.60. The zero-order chi connectivity index (χ0) is 23.3. The first-order valence-electron chi connectivity index (χ1n) is 9.76. The first-order chi connectivity index (χ1) is 15.3. The molecular weight excluding hydrogens is 522 g/mol. The standard InChI is InChI=1S/C22H21BrF2N4O3.ClH/c1-13-28-21(32-12-15-3-6-16(24)11-18(15)25)19(23)22(31)29(13)17-7-4-14(5-8-17)20(30)27-10-2-9-26;/h3-8,11H,2,9-10,12,26H2,1H3,(H,27,30);1H. The zero-order valence-corrected chi connectivity index (χ0v) is 20.0. The molecule has 0 aliphatic heterocycles. The molecule has 33 heavy (non-hydrogen) atoms. The minimum atomic E-state index is -0.752. The molecule has 1 amide bonds. The third kappa shape index (κ3) is 6.37. The molecular formula is C22H22BrClF2N4O3. The second-order valence-electron chi connectivity index (χ2n) is 6.89. The van der Waals surface area contributed by atoms with Crippen LogP contribution in [0.25, 0.3) is 5.69 Å². The Hall–Kier alpha value is -2.82. The predicted octanol–water partition coefficient (Wildman–Crippen LogP) is 3.66. The summed E-state index contributed by atoms with van der Waals surface area (Å²) in [7, 11) is 0. The fourth-order valence-electron chi connectivity index (χ4n) is 2.94. The van der Waals surface area contributed by atoms with Gasteiger partial charge < -0.3 is 15.8 Å². The van der Waals surface area contributed by atoms with Crippen molar-refractivity contribution in [3.05, 3.63) is 85.9 Å². The van der Waals surface area contributed by atoms with Gasteiger partial charge in [0.15, 0.2) is 0 Å². The summed E-state index contributed by atoms with van der Waals surface area (Å²) in [5.74, 6) is -1.36. The van der Waals surface area contributed by atoms with E-state index in [-0.39, 0.29) is 40.8 Å². The molecule has 0 saturated heterocycles. The molecule has 0 saturated carbocycles. The van der Waals surface area contributed by atoms with Crippen molar-refractivity contribution < 1.29 is 18.3 Å². The summed E-state index contributed by atoms with van der Waals surface area (Å²) in [6, 6.07) is 9.62. The fraction of sp³-hybridized carbons (Fsp3) is 0.227. The van der Waals surface area contributed by atoms with Crippen molar-refractivity contribution in [2.45, 2.75) is 20.0 Å². The summed E-state index contributed by atoms with van der Waals surface area (Å²) in [4.78, 5) is 29.3. The number of carbonyl (C=O) groups is 1. The van der Waals surface area contributed by atoms with E-state index in [2.05, 4.69) is 26.2 Å². The van der Waals surface area contributed by atoms with Gasteiger partial charge in [-0.1, -0.05) is 0 Å². The number of halogens is 4. The highest BCUT2D eigenvalue weighted by Crippen LogP contribution is 2.22. The molecule has 0 fully saturated rings. The van der Waals surface area contributed by atoms with Crippen LogP contribution in [-0.4, -0.2) is 28.5 Å². The summed E-state index contributed by atoms with van der Waals surface area (Å²) >= 11 is 3.19. The largest absolute Gasteiger partial charge is 0.472 e. The topological polar surface area (TPSA) is 99.2 Å². The molecule has 0 bridgehead atoms. The Morgan fingerprint density at radius 3 is 2.55 bits per heavy atom. The molecule has 1 aromatic heterocycles. The van der Waals surface area contributed by atoms with Gasteiger partial charge in [-0.2, -0.15) is 4.98 Å². The van der Waals surface area contributed by atoms with E-state index in [4.69, 9.17) is 10.5 Å². The lowest BCUT2D eigenvalue weighted by Gasteiger charge is -2.14. The second kappa shape index (κ2) is 11.9. The van der Waals surface area contributed by atoms with E-state index in [0.29, 0.717) is 36.6 Å². The number of ether oxygens (including phenoxy) is 1. The summed E-state index contributed by atoms with van der Waals surface area (Å²) in [6.45, 7) is 2.36. The Morgan fingerprint density at radius 1 is 1.21 bits per heavy atom. The van der Waals surface area contributed by atoms with Gasteiger partial charge in [0.1, 0.15) is 28.5 Å². The van der Waals surface area contributed by atoms with Crippen LogP contribution in [0.2, 0.25) is 0 Å². The molecule has 3 rings (SSSR count). The highest BCUT2D eigenvalue weighted by atomic mass is 79.9. The molecule has 0 aliphatic carbocycles. The SMILES string of the molecule is Cc1nc(OCc2ccc(F)cc2F)c(Br)c(=O)n1-c1ccc(C(=O)NCCCN)cc1.Cl. The lowest BCUT2D eigenvalue weighted by molar-refractivity contribution is 0.0953. The number of nitrogens with two attached hydrogens (primary N) is 1. The number of aryl methyl sites for hydroxylation is 1. The fourth-order valence-corrected chi connectivity index (χ4v) is 3.32. The number of nitrogens with one attached hydrogen (secondary N) is 1. The van der Waals surface area contributed by atoms with Crippen molar-refractivity contribution in [3.8, 4) is 11.6 Å². The van der Waals surface area contributed by atoms with Gasteiger partial charge in [0.2, 0.25) is 5.88 Å². The maximum Gasteiger partial charge on any atom is 0.276 e. The lowest BCUT2D eigenvalue weighted by Crippen LogP contribution is -2.26. The van der Waals surface area contributed by atoms with E-state index < -0.39 is 17.2 Å². The van der Waals surface area contributed by atoms with Crippen LogP contribution in [0.15, 0.2) is 51.7 Å². The number of hydrogen-bond acceptors (Lipinski definition) is 5. The number of benzene rings is 2. The van der Waals surface area contributed by atoms with E-state index in [1.54, 1.807) is 31.2 Å². The Labute approximate surface area is 203 Å². The van der Waals surface area contributed by atoms with Crippen LogP contribution in [-0.2, 0) is 6.61 Å². The van der Waals surface area contributed by atoms with Gasteiger partial charge in [0.25, 0.3) is 11.5 Å². The Balaban J connectivity index is 0.00000385. The van der Waals surface area contributed by atoms with Crippen molar-refractivity contribution in [2.75, 3.05) is 13.1 Å². The van der Waals surface area contributed by atoms with Crippen LogP contribution < -0.4 is 21.3 Å². The van der Waals surface area contributed by atoms with Crippen LogP contribution >= 0.6 is 28.3 Å². The van der Waals surface area contributed by atoms with Crippen LogP contribution in [0.3, 0.4) is 0 Å². The Morgan fingerprint density at radius 2 is 1.91 bits per heavy atom. The molecule has 0 atom stereocenters. The molecule has 3 N–H and O–H groups in total. The Bertz CT molecular complexity index is 1190. The average Bonchev–Trinajstić information content (AvgIpc) is 2.77. The van der Waals surface area contributed by atoms with E-state index >= 15 is 0 Å². The quantitative estimate of drug-likeness (QED) is 0.423. The van der Waals surface area contributed by atoms with E-state index in [1.165, 1.54) is 10.6 Å². The van der Waals surface area contributed by atoms with Gasteiger partial charge in [-0.3, -0.25) is 14.2 Å². The summed E-state index contributed by atoms with van der Waals surface area (Å²) < 4.78 is 33.8. The smallest absolute Gasteiger partial charge is 0.276 e. The van der Waals surface area contributed by atoms with Gasteiger partial charge in [0, 0.05) is 23.7 Å². The van der Waals surface area contributed by atoms with Crippen LogP contribution in [0.1, 0.15) is 28.2 Å². The second-order valence-corrected chi connectivity index (χ2v) is 7.68. The highest BCUT2D eigenvalue weighted by molar-refractivity contribution is 9.10. The van der Waals surface area contributed by atoms with Crippen molar-refractivity contribution in [1.29, 1.82) is 0 Å². The Kier molecular flexibility index (Phi) is 9.51.